The highest BCUT2D eigenvalue weighted by Gasteiger charge is 2.23. The second kappa shape index (κ2) is 21.5. The van der Waals surface area contributed by atoms with Crippen LogP contribution in [0.3, 0.4) is 0 Å². The van der Waals surface area contributed by atoms with Gasteiger partial charge in [0, 0.05) is 51.7 Å². The monoisotopic (exact) mass is 1040 g/mol. The van der Waals surface area contributed by atoms with Gasteiger partial charge in [-0.15, -0.1) is 22.7 Å². The lowest BCUT2D eigenvalue weighted by atomic mass is 9.96. The Hall–Kier alpha value is -6.42. The number of esters is 1. The summed E-state index contributed by atoms with van der Waals surface area (Å²) >= 11 is 27.1. The molecule has 1 fully saturated rings. The Bertz CT molecular complexity index is 3240. The van der Waals surface area contributed by atoms with Crippen LogP contribution in [0.1, 0.15) is 54.3 Å². The molecule has 0 atom stereocenters. The van der Waals surface area contributed by atoms with Gasteiger partial charge in [-0.1, -0.05) is 107 Å². The molecule has 348 valence electrons. The summed E-state index contributed by atoms with van der Waals surface area (Å²) in [4.78, 5) is 59.7. The average Bonchev–Trinajstić information content (AvgIpc) is 4.07. The van der Waals surface area contributed by atoms with E-state index in [0.717, 1.165) is 33.1 Å². The Kier molecular flexibility index (Phi) is 15.3. The van der Waals surface area contributed by atoms with Crippen molar-refractivity contribution in [1.29, 1.82) is 0 Å². The number of ether oxygens (including phenoxy) is 1. The van der Waals surface area contributed by atoms with Gasteiger partial charge in [-0.05, 0) is 95.8 Å². The summed E-state index contributed by atoms with van der Waals surface area (Å²) in [5.41, 5.74) is 8.39. The minimum absolute atomic E-state index is 0.0891. The van der Waals surface area contributed by atoms with Gasteiger partial charge < -0.3 is 25.0 Å². The van der Waals surface area contributed by atoms with Crippen LogP contribution in [0.15, 0.2) is 132 Å². The number of aromatic carboxylic acids is 2. The predicted octanol–water partition coefficient (Wildman–Crippen LogP) is 13.7. The number of carboxylic acid groups (broad SMARTS) is 2. The highest BCUT2D eigenvalue weighted by Crippen LogP contribution is 2.37. The SMILES string of the molecule is COC(=O)c1cc(-c2nc(-c3ccc(Cl)c(Cl)c3)cs2)ccc1-c1ccc(C(=O)O)cc1.O=C(O)c1cc(-c2nc(-c3ccc(Cl)c(Cl)c3)cs2)ccc1-c1ccc(C(=O)N2CCC(O)CC2)cc1. The molecule has 8 aromatic rings. The smallest absolute Gasteiger partial charge is 0.338 e. The molecule has 3 heterocycles. The minimum atomic E-state index is -1.05. The molecule has 0 bridgehead atoms. The van der Waals surface area contributed by atoms with Crippen molar-refractivity contribution in [2.45, 2.75) is 18.9 Å². The zero-order valence-electron chi connectivity index (χ0n) is 36.2. The minimum Gasteiger partial charge on any atom is -0.478 e. The van der Waals surface area contributed by atoms with Crippen LogP contribution in [-0.2, 0) is 4.74 Å². The number of carbonyl (C=O) groups excluding carboxylic acids is 2. The summed E-state index contributed by atoms with van der Waals surface area (Å²) in [6.45, 7) is 1.05. The lowest BCUT2D eigenvalue weighted by Crippen LogP contribution is -2.40. The number of amides is 1. The number of hydrogen-bond donors (Lipinski definition) is 3. The van der Waals surface area contributed by atoms with Gasteiger partial charge in [-0.3, -0.25) is 4.79 Å². The lowest BCUT2D eigenvalue weighted by Gasteiger charge is -2.29. The van der Waals surface area contributed by atoms with E-state index in [1.54, 1.807) is 89.8 Å². The summed E-state index contributed by atoms with van der Waals surface area (Å²) in [5, 5.41) is 35.8. The van der Waals surface area contributed by atoms with Crippen LogP contribution in [0.4, 0.5) is 0 Å². The first-order chi connectivity index (χ1) is 33.2. The summed E-state index contributed by atoms with van der Waals surface area (Å²) in [6.07, 6.45) is 0.800. The number of carboxylic acids is 2. The molecule has 0 unspecified atom stereocenters. The number of hydrogen-bond acceptors (Lipinski definition) is 10. The topological polar surface area (TPSA) is 167 Å². The molecule has 9 rings (SSSR count). The molecule has 3 N–H and O–H groups in total. The maximum atomic E-state index is 12.8. The van der Waals surface area contributed by atoms with E-state index < -0.39 is 17.9 Å². The van der Waals surface area contributed by atoms with Crippen molar-refractivity contribution in [1.82, 2.24) is 14.9 Å². The van der Waals surface area contributed by atoms with Crippen LogP contribution in [0, 0.1) is 0 Å². The molecular weight excluding hydrogens is 1000 g/mol. The van der Waals surface area contributed by atoms with Crippen LogP contribution in [-0.4, -0.2) is 80.3 Å². The fourth-order valence-electron chi connectivity index (χ4n) is 7.54. The van der Waals surface area contributed by atoms with E-state index in [-0.39, 0.29) is 23.1 Å². The number of thiazole rings is 2. The van der Waals surface area contributed by atoms with Crippen molar-refractivity contribution in [3.8, 4) is 65.9 Å². The van der Waals surface area contributed by atoms with Crippen molar-refractivity contribution in [2.24, 2.45) is 0 Å². The maximum absolute atomic E-state index is 12.8. The van der Waals surface area contributed by atoms with Gasteiger partial charge in [-0.2, -0.15) is 0 Å². The standard InChI is InChI=1S/C28H22Cl2N2O4S.C24H15Cl2NO4S/c29-23-8-6-18(14-24(23)30)25-15-37-26(31-25)19-5-7-21(22(13-19)28(35)36)16-1-3-17(4-2-16)27(34)32-11-9-20(33)10-12-32;1-31-24(30)18-10-16(6-8-17(18)13-2-4-14(5-3-13)23(28)29)22-27-21(12-32-22)15-7-9-19(25)20(26)11-15/h1-8,13-15,20,33H,9-12H2,(H,35,36);2-12H,1H3,(H,28,29). The number of aliphatic hydroxyl groups is 1. The molecule has 11 nitrogen and oxygen atoms in total. The van der Waals surface area contributed by atoms with Gasteiger partial charge in [0.15, 0.2) is 0 Å². The molecule has 0 radical (unpaired) electrons. The van der Waals surface area contributed by atoms with E-state index in [0.29, 0.717) is 90.0 Å². The quantitative estimate of drug-likeness (QED) is 0.112. The number of halogens is 4. The molecule has 1 saturated heterocycles. The molecule has 1 amide bonds. The van der Waals surface area contributed by atoms with Crippen LogP contribution in [0.2, 0.25) is 20.1 Å². The summed E-state index contributed by atoms with van der Waals surface area (Å²) in [7, 11) is 1.32. The van der Waals surface area contributed by atoms with E-state index in [4.69, 9.17) is 56.2 Å². The van der Waals surface area contributed by atoms with E-state index in [1.807, 2.05) is 35.0 Å². The highest BCUT2D eigenvalue weighted by atomic mass is 35.5. The molecule has 69 heavy (non-hydrogen) atoms. The number of rotatable bonds is 10. The van der Waals surface area contributed by atoms with E-state index in [2.05, 4.69) is 9.97 Å². The number of nitrogens with zero attached hydrogens (tertiary/aromatic N) is 3. The summed E-state index contributed by atoms with van der Waals surface area (Å²) in [6, 6.07) is 34.5. The molecule has 0 spiro atoms. The highest BCUT2D eigenvalue weighted by molar-refractivity contribution is 7.13. The third-order valence-corrected chi connectivity index (χ3v) is 14.5. The molecule has 1 aliphatic rings. The Morgan fingerprint density at radius 2 is 0.986 bits per heavy atom. The molecule has 6 aromatic carbocycles. The first kappa shape index (κ1) is 49.0. The third-order valence-electron chi connectivity index (χ3n) is 11.2. The van der Waals surface area contributed by atoms with E-state index >= 15 is 0 Å². The van der Waals surface area contributed by atoms with Gasteiger partial charge in [0.2, 0.25) is 0 Å². The maximum Gasteiger partial charge on any atom is 0.338 e. The summed E-state index contributed by atoms with van der Waals surface area (Å²) < 4.78 is 4.97. The largest absolute Gasteiger partial charge is 0.478 e. The molecule has 0 saturated carbocycles. The number of aliphatic hydroxyl groups excluding tert-OH is 1. The first-order valence-electron chi connectivity index (χ1n) is 21.0. The van der Waals surface area contributed by atoms with Crippen molar-refractivity contribution < 1.29 is 39.2 Å². The second-order valence-corrected chi connectivity index (χ2v) is 19.0. The lowest BCUT2D eigenvalue weighted by molar-refractivity contribution is 0.0544. The average molecular weight is 1040 g/mol. The van der Waals surface area contributed by atoms with Crippen LogP contribution < -0.4 is 0 Å². The first-order valence-corrected chi connectivity index (χ1v) is 24.3. The Labute approximate surface area is 423 Å². The van der Waals surface area contributed by atoms with Crippen molar-refractivity contribution >= 4 is 92.9 Å². The predicted molar refractivity (Wildman–Crippen MR) is 273 cm³/mol. The Balaban J connectivity index is 0.000000188. The molecule has 0 aliphatic carbocycles. The van der Waals surface area contributed by atoms with Gasteiger partial charge in [0.1, 0.15) is 10.0 Å². The fourth-order valence-corrected chi connectivity index (χ4v) is 9.79. The molecular formula is C52H37Cl4N3O8S2. The molecule has 17 heteroatoms. The normalized spacial score (nSPS) is 12.5. The van der Waals surface area contributed by atoms with Crippen molar-refractivity contribution in [3.63, 3.8) is 0 Å². The van der Waals surface area contributed by atoms with E-state index in [1.165, 1.54) is 41.9 Å². The number of methoxy groups -OCH3 is 1. The zero-order chi connectivity index (χ0) is 48.9. The number of carbonyl (C=O) groups is 4. The zero-order valence-corrected chi connectivity index (χ0v) is 40.8. The molecule has 1 aliphatic heterocycles. The van der Waals surface area contributed by atoms with Gasteiger partial charge in [0.25, 0.3) is 5.91 Å². The molecule has 2 aromatic heterocycles. The second-order valence-electron chi connectivity index (χ2n) is 15.6. The van der Waals surface area contributed by atoms with Crippen LogP contribution in [0.5, 0.6) is 0 Å². The number of likely N-dealkylation sites (tertiary alicyclic amines) is 1. The Morgan fingerprint density at radius 3 is 1.43 bits per heavy atom. The number of benzene rings is 6. The van der Waals surface area contributed by atoms with Gasteiger partial charge >= 0.3 is 17.9 Å². The van der Waals surface area contributed by atoms with Crippen LogP contribution >= 0.6 is 69.1 Å². The Morgan fingerprint density at radius 1 is 0.551 bits per heavy atom. The van der Waals surface area contributed by atoms with Crippen molar-refractivity contribution in [2.75, 3.05) is 20.2 Å². The fraction of sp³-hybridized carbons (Fsp3) is 0.115. The van der Waals surface area contributed by atoms with Crippen LogP contribution in [0.25, 0.3) is 65.9 Å². The van der Waals surface area contributed by atoms with E-state index in [9.17, 15) is 29.4 Å². The van der Waals surface area contributed by atoms with Gasteiger partial charge in [0.05, 0.1) is 61.4 Å². The van der Waals surface area contributed by atoms with Gasteiger partial charge in [-0.25, -0.2) is 24.4 Å². The van der Waals surface area contributed by atoms with Crippen molar-refractivity contribution in [3.05, 3.63) is 174 Å². The number of aromatic nitrogens is 2. The third kappa shape index (κ3) is 11.2. The number of piperidine rings is 1. The summed E-state index contributed by atoms with van der Waals surface area (Å²) in [5.74, 6) is -2.65.